The molecule has 0 amide bonds. The van der Waals surface area contributed by atoms with Crippen molar-refractivity contribution in [3.8, 4) is 0 Å². The molecule has 4 heterocycles. The Bertz CT molecular complexity index is 917. The van der Waals surface area contributed by atoms with Crippen LogP contribution in [-0.2, 0) is 14.2 Å². The maximum Gasteiger partial charge on any atom is 0.167 e. The lowest BCUT2D eigenvalue weighted by atomic mass is 10.1. The van der Waals surface area contributed by atoms with Gasteiger partial charge in [-0.25, -0.2) is 15.0 Å². The van der Waals surface area contributed by atoms with Crippen molar-refractivity contribution in [2.75, 3.05) is 25.0 Å². The van der Waals surface area contributed by atoms with Gasteiger partial charge >= 0.3 is 0 Å². The van der Waals surface area contributed by atoms with E-state index in [1.54, 1.807) is 12.7 Å². The SMILES string of the molecule is CCCCNc1ncnc2c1ncn2[C@@H]1O[C@H](CN(CCCC)C(C)C)[C@H]2OC(C)(C)O[C@H]21. The fourth-order valence-corrected chi connectivity index (χ4v) is 4.73. The second-order valence-corrected chi connectivity index (χ2v) is 9.90. The van der Waals surface area contributed by atoms with E-state index in [-0.39, 0.29) is 24.5 Å². The van der Waals surface area contributed by atoms with Crippen molar-refractivity contribution in [2.45, 2.75) is 104 Å². The molecule has 2 saturated heterocycles. The average Bonchev–Trinajstić information content (AvgIpc) is 3.42. The first-order chi connectivity index (χ1) is 15.8. The summed E-state index contributed by atoms with van der Waals surface area (Å²) >= 11 is 0. The van der Waals surface area contributed by atoms with Crippen molar-refractivity contribution in [1.29, 1.82) is 0 Å². The van der Waals surface area contributed by atoms with Crippen LogP contribution in [0.15, 0.2) is 12.7 Å². The molecule has 184 valence electrons. The van der Waals surface area contributed by atoms with E-state index in [1.165, 1.54) is 12.8 Å². The number of ether oxygens (including phenoxy) is 3. The van der Waals surface area contributed by atoms with Crippen molar-refractivity contribution in [1.82, 2.24) is 24.4 Å². The van der Waals surface area contributed by atoms with E-state index in [4.69, 9.17) is 14.2 Å². The van der Waals surface area contributed by atoms with E-state index >= 15 is 0 Å². The molecule has 4 atom stereocenters. The largest absolute Gasteiger partial charge is 0.368 e. The van der Waals surface area contributed by atoms with Crippen molar-refractivity contribution in [3.05, 3.63) is 12.7 Å². The maximum absolute atomic E-state index is 6.62. The van der Waals surface area contributed by atoms with Crippen LogP contribution in [-0.4, -0.2) is 74.2 Å². The summed E-state index contributed by atoms with van der Waals surface area (Å²) in [6, 6.07) is 0.437. The topological polar surface area (TPSA) is 86.6 Å². The smallest absolute Gasteiger partial charge is 0.167 e. The zero-order valence-corrected chi connectivity index (χ0v) is 21.0. The summed E-state index contributed by atoms with van der Waals surface area (Å²) in [5, 5.41) is 3.39. The second-order valence-electron chi connectivity index (χ2n) is 9.90. The van der Waals surface area contributed by atoms with Crippen molar-refractivity contribution in [2.24, 2.45) is 0 Å². The van der Waals surface area contributed by atoms with E-state index in [0.29, 0.717) is 6.04 Å². The number of nitrogens with one attached hydrogen (secondary N) is 1. The molecule has 0 spiro atoms. The zero-order chi connectivity index (χ0) is 23.6. The summed E-state index contributed by atoms with van der Waals surface area (Å²) in [6.45, 7) is 15.5. The molecule has 2 aliphatic rings. The summed E-state index contributed by atoms with van der Waals surface area (Å²) in [6.07, 6.45) is 7.09. The number of rotatable bonds is 11. The first kappa shape index (κ1) is 24.3. The van der Waals surface area contributed by atoms with Gasteiger partial charge in [0.05, 0.1) is 6.33 Å². The summed E-state index contributed by atoms with van der Waals surface area (Å²) in [5.74, 6) is 0.104. The van der Waals surface area contributed by atoms with Crippen LogP contribution in [0.4, 0.5) is 5.82 Å². The monoisotopic (exact) mass is 460 g/mol. The van der Waals surface area contributed by atoms with Gasteiger partial charge in [-0.1, -0.05) is 26.7 Å². The number of imidazole rings is 1. The molecule has 1 N–H and O–H groups in total. The number of hydrogen-bond donors (Lipinski definition) is 1. The lowest BCUT2D eigenvalue weighted by Gasteiger charge is -2.31. The molecule has 4 rings (SSSR count). The number of fused-ring (bicyclic) bond motifs is 2. The third-order valence-corrected chi connectivity index (χ3v) is 6.52. The number of nitrogens with zero attached hydrogens (tertiary/aromatic N) is 5. The van der Waals surface area contributed by atoms with Crippen LogP contribution in [0.1, 0.15) is 73.5 Å². The number of anilines is 1. The third-order valence-electron chi connectivity index (χ3n) is 6.52. The quantitative estimate of drug-likeness (QED) is 0.504. The van der Waals surface area contributed by atoms with Crippen molar-refractivity contribution in [3.63, 3.8) is 0 Å². The molecule has 0 radical (unpaired) electrons. The molecule has 0 aliphatic carbocycles. The summed E-state index contributed by atoms with van der Waals surface area (Å²) < 4.78 is 21.3. The molecular weight excluding hydrogens is 420 g/mol. The molecule has 9 nitrogen and oxygen atoms in total. The molecule has 0 bridgehead atoms. The predicted octanol–water partition coefficient (Wildman–Crippen LogP) is 3.97. The Balaban J connectivity index is 1.60. The highest BCUT2D eigenvalue weighted by Gasteiger charge is 2.56. The first-order valence-corrected chi connectivity index (χ1v) is 12.5. The van der Waals surface area contributed by atoms with Gasteiger partial charge in [0.2, 0.25) is 0 Å². The third kappa shape index (κ3) is 5.16. The molecule has 2 aromatic heterocycles. The van der Waals surface area contributed by atoms with Gasteiger partial charge in [-0.15, -0.1) is 0 Å². The maximum atomic E-state index is 6.62. The molecule has 0 saturated carbocycles. The highest BCUT2D eigenvalue weighted by atomic mass is 16.8. The lowest BCUT2D eigenvalue weighted by molar-refractivity contribution is -0.198. The standard InChI is InChI=1S/C24H40N6O3/c1-7-9-11-25-21-18-22(27-14-26-21)30(15-28-18)23-20-19(32-24(5,6)33-20)17(31-23)13-29(16(3)4)12-10-8-2/h14-17,19-20,23H,7-13H2,1-6H3,(H,25,26,27)/t17-,19-,20-,23-/m1/s1. The van der Waals surface area contributed by atoms with Gasteiger partial charge in [-0.2, -0.15) is 0 Å². The number of hydrogen-bond acceptors (Lipinski definition) is 8. The summed E-state index contributed by atoms with van der Waals surface area (Å²) in [4.78, 5) is 16.1. The van der Waals surface area contributed by atoms with E-state index in [9.17, 15) is 0 Å². The van der Waals surface area contributed by atoms with Crippen LogP contribution in [0, 0.1) is 0 Å². The van der Waals surface area contributed by atoms with Crippen molar-refractivity contribution >= 4 is 17.0 Å². The summed E-state index contributed by atoms with van der Waals surface area (Å²) in [7, 11) is 0. The van der Waals surface area contributed by atoms with Gasteiger partial charge in [0.25, 0.3) is 0 Å². The minimum absolute atomic E-state index is 0.0949. The van der Waals surface area contributed by atoms with E-state index in [1.807, 2.05) is 18.4 Å². The van der Waals surface area contributed by atoms with Crippen LogP contribution in [0.2, 0.25) is 0 Å². The number of aromatic nitrogens is 4. The highest BCUT2D eigenvalue weighted by molar-refractivity contribution is 5.82. The van der Waals surface area contributed by atoms with Gasteiger partial charge in [0.15, 0.2) is 29.0 Å². The minimum Gasteiger partial charge on any atom is -0.368 e. The number of unbranched alkanes of at least 4 members (excludes halogenated alkanes) is 2. The van der Waals surface area contributed by atoms with Crippen LogP contribution in [0.3, 0.4) is 0 Å². The zero-order valence-electron chi connectivity index (χ0n) is 21.0. The Morgan fingerprint density at radius 3 is 2.58 bits per heavy atom. The fourth-order valence-electron chi connectivity index (χ4n) is 4.73. The molecular formula is C24H40N6O3. The highest BCUT2D eigenvalue weighted by Crippen LogP contribution is 2.44. The Morgan fingerprint density at radius 2 is 1.85 bits per heavy atom. The van der Waals surface area contributed by atoms with E-state index < -0.39 is 5.79 Å². The van der Waals surface area contributed by atoms with E-state index in [2.05, 4.69) is 52.9 Å². The summed E-state index contributed by atoms with van der Waals surface area (Å²) in [5.41, 5.74) is 1.50. The Hall–Kier alpha value is -1.81. The second kappa shape index (κ2) is 10.2. The predicted molar refractivity (Wildman–Crippen MR) is 128 cm³/mol. The normalized spacial score (nSPS) is 26.5. The molecule has 0 unspecified atom stereocenters. The van der Waals surface area contributed by atoms with E-state index in [0.717, 1.165) is 49.5 Å². The van der Waals surface area contributed by atoms with Gasteiger partial charge in [-0.3, -0.25) is 9.47 Å². The average molecular weight is 461 g/mol. The molecule has 9 heteroatoms. The van der Waals surface area contributed by atoms with Gasteiger partial charge in [-0.05, 0) is 47.1 Å². The van der Waals surface area contributed by atoms with Gasteiger partial charge < -0.3 is 19.5 Å². The Kier molecular flexibility index (Phi) is 7.53. The van der Waals surface area contributed by atoms with Crippen LogP contribution in [0.5, 0.6) is 0 Å². The van der Waals surface area contributed by atoms with Gasteiger partial charge in [0.1, 0.15) is 24.6 Å². The van der Waals surface area contributed by atoms with Crippen LogP contribution >= 0.6 is 0 Å². The Morgan fingerprint density at radius 1 is 1.09 bits per heavy atom. The molecule has 33 heavy (non-hydrogen) atoms. The fraction of sp³-hybridized carbons (Fsp3) is 0.792. The van der Waals surface area contributed by atoms with Gasteiger partial charge in [0, 0.05) is 19.1 Å². The van der Waals surface area contributed by atoms with Crippen LogP contribution < -0.4 is 5.32 Å². The Labute approximate surface area is 197 Å². The first-order valence-electron chi connectivity index (χ1n) is 12.5. The molecule has 0 aromatic carbocycles. The molecule has 2 aliphatic heterocycles. The van der Waals surface area contributed by atoms with Crippen molar-refractivity contribution < 1.29 is 14.2 Å². The van der Waals surface area contributed by atoms with Crippen LogP contribution in [0.25, 0.3) is 11.2 Å². The lowest BCUT2D eigenvalue weighted by Crippen LogP contribution is -2.43. The minimum atomic E-state index is -0.653. The molecule has 2 fully saturated rings. The molecule has 2 aromatic rings.